The number of hydrogen-bond acceptors (Lipinski definition) is 6. The second-order valence-electron chi connectivity index (χ2n) is 8.72. The topological polar surface area (TPSA) is 72.9 Å². The molecule has 0 unspecified atom stereocenters. The standard InChI is InChI=1S/C24H33N3O4/c1-24(2,3)31-23(28)27-14-6-7-20(27)22(18-9-11-19(29-4)12-10-18)26-16-17-8-13-21(30-5)25-15-17/h8-13,15,20,22,26H,6-7,14,16H2,1-5H3/t20-,22+/m1/s1. The molecule has 1 amide bonds. The first-order valence-corrected chi connectivity index (χ1v) is 10.7. The summed E-state index contributed by atoms with van der Waals surface area (Å²) in [6.07, 6.45) is 3.39. The molecule has 1 aromatic heterocycles. The minimum absolute atomic E-state index is 0.00514. The molecule has 1 aromatic carbocycles. The van der Waals surface area contributed by atoms with Gasteiger partial charge in [0.25, 0.3) is 0 Å². The van der Waals surface area contributed by atoms with Crippen LogP contribution in [0, 0.1) is 0 Å². The molecule has 1 N–H and O–H groups in total. The average Bonchev–Trinajstić information content (AvgIpc) is 3.23. The van der Waals surface area contributed by atoms with Crippen LogP contribution in [0.2, 0.25) is 0 Å². The van der Waals surface area contributed by atoms with Crippen molar-refractivity contribution in [1.82, 2.24) is 15.2 Å². The van der Waals surface area contributed by atoms with Gasteiger partial charge >= 0.3 is 6.09 Å². The number of rotatable bonds is 7. The summed E-state index contributed by atoms with van der Waals surface area (Å²) in [7, 11) is 3.26. The molecule has 7 heteroatoms. The molecule has 2 heterocycles. The summed E-state index contributed by atoms with van der Waals surface area (Å²) in [5.74, 6) is 1.39. The van der Waals surface area contributed by atoms with Crippen LogP contribution in [-0.2, 0) is 11.3 Å². The number of carbonyl (C=O) groups excluding carboxylic acids is 1. The maximum Gasteiger partial charge on any atom is 0.410 e. The van der Waals surface area contributed by atoms with Gasteiger partial charge in [-0.25, -0.2) is 9.78 Å². The highest BCUT2D eigenvalue weighted by molar-refractivity contribution is 5.69. The number of hydrogen-bond donors (Lipinski definition) is 1. The number of methoxy groups -OCH3 is 2. The van der Waals surface area contributed by atoms with E-state index in [0.29, 0.717) is 19.0 Å². The number of likely N-dealkylation sites (tertiary alicyclic amines) is 1. The van der Waals surface area contributed by atoms with Gasteiger partial charge in [-0.2, -0.15) is 0 Å². The Labute approximate surface area is 184 Å². The lowest BCUT2D eigenvalue weighted by atomic mass is 9.97. The molecule has 0 bridgehead atoms. The lowest BCUT2D eigenvalue weighted by Gasteiger charge is -2.34. The van der Waals surface area contributed by atoms with Crippen molar-refractivity contribution in [2.45, 2.75) is 57.8 Å². The van der Waals surface area contributed by atoms with Gasteiger partial charge in [-0.05, 0) is 56.9 Å². The molecule has 7 nitrogen and oxygen atoms in total. The van der Waals surface area contributed by atoms with Gasteiger partial charge < -0.3 is 24.4 Å². The second kappa shape index (κ2) is 10.0. The zero-order valence-electron chi connectivity index (χ0n) is 19.1. The molecule has 0 saturated carbocycles. The summed E-state index contributed by atoms with van der Waals surface area (Å²) in [4.78, 5) is 19.0. The van der Waals surface area contributed by atoms with Crippen LogP contribution in [0.4, 0.5) is 4.79 Å². The third kappa shape index (κ3) is 6.10. The second-order valence-corrected chi connectivity index (χ2v) is 8.72. The fraction of sp³-hybridized carbons (Fsp3) is 0.500. The van der Waals surface area contributed by atoms with Gasteiger partial charge in [0.05, 0.1) is 26.3 Å². The Morgan fingerprint density at radius 1 is 1.16 bits per heavy atom. The average molecular weight is 428 g/mol. The van der Waals surface area contributed by atoms with Crippen LogP contribution < -0.4 is 14.8 Å². The molecule has 1 fully saturated rings. The first-order valence-electron chi connectivity index (χ1n) is 10.7. The van der Waals surface area contributed by atoms with Gasteiger partial charge in [0.15, 0.2) is 0 Å². The Balaban J connectivity index is 1.82. The van der Waals surface area contributed by atoms with Crippen LogP contribution in [0.3, 0.4) is 0 Å². The zero-order valence-corrected chi connectivity index (χ0v) is 19.1. The molecule has 2 aromatic rings. The predicted molar refractivity (Wildman–Crippen MR) is 119 cm³/mol. The molecule has 31 heavy (non-hydrogen) atoms. The smallest absolute Gasteiger partial charge is 0.410 e. The van der Waals surface area contributed by atoms with Crippen LogP contribution in [0.25, 0.3) is 0 Å². The Bertz CT molecular complexity index is 847. The monoisotopic (exact) mass is 427 g/mol. The minimum atomic E-state index is -0.526. The van der Waals surface area contributed by atoms with E-state index in [1.807, 2.05) is 62.1 Å². The lowest BCUT2D eigenvalue weighted by molar-refractivity contribution is 0.0194. The van der Waals surface area contributed by atoms with Gasteiger partial charge in [0, 0.05) is 25.4 Å². The maximum atomic E-state index is 12.9. The van der Waals surface area contributed by atoms with Gasteiger partial charge in [0.1, 0.15) is 11.4 Å². The summed E-state index contributed by atoms with van der Waals surface area (Å²) < 4.78 is 16.1. The van der Waals surface area contributed by atoms with Crippen molar-refractivity contribution < 1.29 is 19.0 Å². The molecule has 0 radical (unpaired) electrons. The number of aromatic nitrogens is 1. The fourth-order valence-electron chi connectivity index (χ4n) is 3.84. The van der Waals surface area contributed by atoms with Gasteiger partial charge in [-0.3, -0.25) is 0 Å². The minimum Gasteiger partial charge on any atom is -0.497 e. The number of nitrogens with zero attached hydrogens (tertiary/aromatic N) is 2. The van der Waals surface area contributed by atoms with E-state index in [1.54, 1.807) is 20.4 Å². The highest BCUT2D eigenvalue weighted by atomic mass is 16.6. The molecular weight excluding hydrogens is 394 g/mol. The van der Waals surface area contributed by atoms with Crippen molar-refractivity contribution in [3.8, 4) is 11.6 Å². The number of benzene rings is 1. The van der Waals surface area contributed by atoms with Crippen molar-refractivity contribution in [2.24, 2.45) is 0 Å². The normalized spacial score (nSPS) is 17.3. The maximum absolute atomic E-state index is 12.9. The molecule has 0 aliphatic carbocycles. The van der Waals surface area contributed by atoms with E-state index in [9.17, 15) is 4.79 Å². The highest BCUT2D eigenvalue weighted by Gasteiger charge is 2.37. The third-order valence-electron chi connectivity index (χ3n) is 5.32. The Hall–Kier alpha value is -2.80. The van der Waals surface area contributed by atoms with Crippen molar-refractivity contribution in [2.75, 3.05) is 20.8 Å². The summed E-state index contributed by atoms with van der Waals surface area (Å²) >= 11 is 0. The Morgan fingerprint density at radius 3 is 2.48 bits per heavy atom. The molecule has 2 atom stereocenters. The SMILES string of the molecule is COc1ccc([C@H](NCc2ccc(OC)nc2)[C@H]2CCCN2C(=O)OC(C)(C)C)cc1. The van der Waals surface area contributed by atoms with E-state index in [1.165, 1.54) is 0 Å². The Kier molecular flexibility index (Phi) is 7.38. The van der Waals surface area contributed by atoms with Crippen molar-refractivity contribution in [1.29, 1.82) is 0 Å². The van der Waals surface area contributed by atoms with Crippen LogP contribution in [-0.4, -0.2) is 48.4 Å². The van der Waals surface area contributed by atoms with Gasteiger partial charge in [-0.15, -0.1) is 0 Å². The van der Waals surface area contributed by atoms with Gasteiger partial charge in [0.2, 0.25) is 5.88 Å². The summed E-state index contributed by atoms with van der Waals surface area (Å²) in [6.45, 7) is 6.99. The third-order valence-corrected chi connectivity index (χ3v) is 5.32. The van der Waals surface area contributed by atoms with Crippen molar-refractivity contribution >= 4 is 6.09 Å². The van der Waals surface area contributed by atoms with Crippen molar-refractivity contribution in [3.05, 3.63) is 53.7 Å². The number of carbonyl (C=O) groups is 1. The number of pyridine rings is 1. The molecule has 1 aliphatic rings. The molecule has 3 rings (SSSR count). The van der Waals surface area contributed by atoms with E-state index in [4.69, 9.17) is 14.2 Å². The van der Waals surface area contributed by atoms with Crippen molar-refractivity contribution in [3.63, 3.8) is 0 Å². The summed E-state index contributed by atoms with van der Waals surface area (Å²) in [5.41, 5.74) is 1.62. The quantitative estimate of drug-likeness (QED) is 0.709. The van der Waals surface area contributed by atoms with Crippen LogP contribution in [0.1, 0.15) is 50.8 Å². The van der Waals surface area contributed by atoms with Gasteiger partial charge in [-0.1, -0.05) is 18.2 Å². The number of ether oxygens (including phenoxy) is 3. The molecule has 1 saturated heterocycles. The van der Waals surface area contributed by atoms with E-state index in [2.05, 4.69) is 10.3 Å². The zero-order chi connectivity index (χ0) is 22.4. The Morgan fingerprint density at radius 2 is 1.90 bits per heavy atom. The molecule has 168 valence electrons. The van der Waals surface area contributed by atoms with E-state index in [0.717, 1.165) is 29.7 Å². The summed E-state index contributed by atoms with van der Waals surface area (Å²) in [5, 5.41) is 3.65. The highest BCUT2D eigenvalue weighted by Crippen LogP contribution is 2.32. The first kappa shape index (κ1) is 22.9. The predicted octanol–water partition coefficient (Wildman–Crippen LogP) is 4.33. The fourth-order valence-corrected chi connectivity index (χ4v) is 3.84. The molecule has 1 aliphatic heterocycles. The molecular formula is C24H33N3O4. The van der Waals surface area contributed by atoms with E-state index in [-0.39, 0.29) is 18.2 Å². The van der Waals surface area contributed by atoms with E-state index >= 15 is 0 Å². The van der Waals surface area contributed by atoms with Crippen LogP contribution >= 0.6 is 0 Å². The van der Waals surface area contributed by atoms with E-state index < -0.39 is 5.60 Å². The summed E-state index contributed by atoms with van der Waals surface area (Å²) in [6, 6.07) is 11.8. The van der Waals surface area contributed by atoms with Crippen LogP contribution in [0.5, 0.6) is 11.6 Å². The first-order chi connectivity index (χ1) is 14.8. The number of nitrogens with one attached hydrogen (secondary N) is 1. The lowest BCUT2D eigenvalue weighted by Crippen LogP contribution is -2.45. The number of amides is 1. The largest absolute Gasteiger partial charge is 0.497 e. The van der Waals surface area contributed by atoms with Crippen LogP contribution in [0.15, 0.2) is 42.6 Å². The molecule has 0 spiro atoms.